The average molecular weight is 473 g/mol. The highest BCUT2D eigenvalue weighted by Crippen LogP contribution is 2.26. The standard InChI is InChI=1S/C23H18F2N2O3S2/c1-15-6-10-17(11-7-15)27-21(28)19-4-2-3-5-20(19)26-23(27)31-14-16-8-12-18(13-9-16)32(29,30)22(24)25/h2-13,22H,14H2,1H3. The van der Waals surface area contributed by atoms with Crippen LogP contribution in [0.4, 0.5) is 8.78 Å². The molecule has 0 N–H and O–H groups in total. The highest BCUT2D eigenvalue weighted by molar-refractivity contribution is 7.98. The lowest BCUT2D eigenvalue weighted by molar-refractivity contribution is 0.234. The molecule has 1 heterocycles. The monoisotopic (exact) mass is 472 g/mol. The number of sulfone groups is 1. The van der Waals surface area contributed by atoms with Gasteiger partial charge in [0.1, 0.15) is 0 Å². The molecule has 0 saturated heterocycles. The van der Waals surface area contributed by atoms with Crippen molar-refractivity contribution in [2.45, 2.75) is 28.5 Å². The van der Waals surface area contributed by atoms with Gasteiger partial charge in [-0.05, 0) is 48.9 Å². The molecule has 5 nitrogen and oxygen atoms in total. The third-order valence-electron chi connectivity index (χ3n) is 4.89. The average Bonchev–Trinajstić information content (AvgIpc) is 2.79. The maximum absolute atomic E-state index is 13.2. The molecule has 0 aliphatic rings. The van der Waals surface area contributed by atoms with Crippen LogP contribution in [0.5, 0.6) is 0 Å². The molecule has 32 heavy (non-hydrogen) atoms. The molecule has 4 rings (SSSR count). The van der Waals surface area contributed by atoms with Crippen molar-refractivity contribution in [3.8, 4) is 5.69 Å². The third-order valence-corrected chi connectivity index (χ3v) is 7.30. The maximum Gasteiger partial charge on any atom is 0.341 e. The summed E-state index contributed by atoms with van der Waals surface area (Å²) in [6, 6.07) is 19.9. The molecular weight excluding hydrogens is 454 g/mol. The second kappa shape index (κ2) is 8.84. The normalized spacial score (nSPS) is 11.9. The van der Waals surface area contributed by atoms with Gasteiger partial charge in [-0.15, -0.1) is 0 Å². The Morgan fingerprint density at radius 1 is 0.969 bits per heavy atom. The van der Waals surface area contributed by atoms with Crippen LogP contribution < -0.4 is 5.56 Å². The molecule has 0 unspecified atom stereocenters. The summed E-state index contributed by atoms with van der Waals surface area (Å²) in [6.45, 7) is 1.96. The lowest BCUT2D eigenvalue weighted by Gasteiger charge is -2.13. The quantitative estimate of drug-likeness (QED) is 0.292. The van der Waals surface area contributed by atoms with Gasteiger partial charge in [-0.1, -0.05) is 53.7 Å². The van der Waals surface area contributed by atoms with Gasteiger partial charge in [-0.2, -0.15) is 8.78 Å². The smallest absolute Gasteiger partial charge is 0.268 e. The largest absolute Gasteiger partial charge is 0.341 e. The Morgan fingerprint density at radius 3 is 2.28 bits per heavy atom. The van der Waals surface area contributed by atoms with Gasteiger partial charge in [-0.3, -0.25) is 9.36 Å². The first-order valence-corrected chi connectivity index (χ1v) is 12.1. The summed E-state index contributed by atoms with van der Waals surface area (Å²) in [5.41, 5.74) is 2.83. The number of thioether (sulfide) groups is 1. The van der Waals surface area contributed by atoms with Gasteiger partial charge in [0.2, 0.25) is 9.84 Å². The minimum atomic E-state index is -4.63. The SMILES string of the molecule is Cc1ccc(-n2c(SCc3ccc(S(=O)(=O)C(F)F)cc3)nc3ccccc3c2=O)cc1. The molecular formula is C23H18F2N2O3S2. The van der Waals surface area contributed by atoms with Crippen LogP contribution >= 0.6 is 11.8 Å². The summed E-state index contributed by atoms with van der Waals surface area (Å²) in [5, 5.41) is 0.973. The van der Waals surface area contributed by atoms with Gasteiger partial charge < -0.3 is 0 Å². The first-order valence-electron chi connectivity index (χ1n) is 9.60. The fourth-order valence-corrected chi connectivity index (χ4v) is 4.85. The molecule has 3 aromatic carbocycles. The number of para-hydroxylation sites is 1. The lowest BCUT2D eigenvalue weighted by Crippen LogP contribution is -2.21. The van der Waals surface area contributed by atoms with E-state index in [1.54, 1.807) is 22.8 Å². The van der Waals surface area contributed by atoms with Gasteiger partial charge in [0.05, 0.1) is 21.5 Å². The molecule has 164 valence electrons. The van der Waals surface area contributed by atoms with E-state index in [2.05, 4.69) is 4.98 Å². The van der Waals surface area contributed by atoms with E-state index >= 15 is 0 Å². The van der Waals surface area contributed by atoms with Crippen LogP contribution in [0.15, 0.2) is 87.6 Å². The van der Waals surface area contributed by atoms with E-state index in [0.717, 1.165) is 17.7 Å². The Bertz CT molecular complexity index is 1430. The summed E-state index contributed by atoms with van der Waals surface area (Å²) in [5.74, 6) is -3.10. The highest BCUT2D eigenvalue weighted by Gasteiger charge is 2.26. The van der Waals surface area contributed by atoms with Gasteiger partial charge in [0, 0.05) is 5.75 Å². The molecule has 0 fully saturated rings. The van der Waals surface area contributed by atoms with Crippen molar-refractivity contribution in [3.05, 3.63) is 94.3 Å². The molecule has 0 spiro atoms. The summed E-state index contributed by atoms with van der Waals surface area (Å²) >= 11 is 1.30. The Kier molecular flexibility index (Phi) is 6.12. The summed E-state index contributed by atoms with van der Waals surface area (Å²) in [7, 11) is -4.63. The van der Waals surface area contributed by atoms with Crippen molar-refractivity contribution in [2.24, 2.45) is 0 Å². The number of nitrogens with zero attached hydrogens (tertiary/aromatic N) is 2. The molecule has 1 aromatic heterocycles. The molecule has 0 amide bonds. The highest BCUT2D eigenvalue weighted by atomic mass is 32.2. The number of benzene rings is 3. The van der Waals surface area contributed by atoms with Gasteiger partial charge in [0.25, 0.3) is 5.56 Å². The molecule has 0 atom stereocenters. The second-order valence-electron chi connectivity index (χ2n) is 7.13. The summed E-state index contributed by atoms with van der Waals surface area (Å²) in [4.78, 5) is 17.5. The fraction of sp³-hybridized carbons (Fsp3) is 0.130. The zero-order valence-corrected chi connectivity index (χ0v) is 18.5. The van der Waals surface area contributed by atoms with E-state index < -0.39 is 20.5 Å². The van der Waals surface area contributed by atoms with Crippen molar-refractivity contribution in [1.82, 2.24) is 9.55 Å². The van der Waals surface area contributed by atoms with Crippen LogP contribution in [0.3, 0.4) is 0 Å². The Morgan fingerprint density at radius 2 is 1.62 bits per heavy atom. The van der Waals surface area contributed by atoms with E-state index in [9.17, 15) is 22.0 Å². The lowest BCUT2D eigenvalue weighted by atomic mass is 10.2. The number of aryl methyl sites for hydroxylation is 1. The molecule has 0 radical (unpaired) electrons. The van der Waals surface area contributed by atoms with Gasteiger partial charge >= 0.3 is 5.76 Å². The number of halogens is 2. The van der Waals surface area contributed by atoms with Crippen molar-refractivity contribution in [1.29, 1.82) is 0 Å². The number of hydrogen-bond acceptors (Lipinski definition) is 5. The van der Waals surface area contributed by atoms with Crippen LogP contribution in [-0.2, 0) is 15.6 Å². The molecule has 0 aliphatic carbocycles. The number of alkyl halides is 2. The zero-order chi connectivity index (χ0) is 22.9. The predicted octanol–water partition coefficient (Wildman–Crippen LogP) is 4.98. The molecule has 9 heteroatoms. The number of fused-ring (bicyclic) bond motifs is 1. The third kappa shape index (κ3) is 4.31. The van der Waals surface area contributed by atoms with Crippen LogP contribution in [-0.4, -0.2) is 23.7 Å². The van der Waals surface area contributed by atoms with Gasteiger partial charge in [0.15, 0.2) is 5.16 Å². The van der Waals surface area contributed by atoms with E-state index in [1.807, 2.05) is 37.3 Å². The van der Waals surface area contributed by atoms with E-state index in [-0.39, 0.29) is 5.56 Å². The van der Waals surface area contributed by atoms with E-state index in [1.165, 1.54) is 23.9 Å². The molecule has 0 aliphatic heterocycles. The first-order chi connectivity index (χ1) is 15.3. The van der Waals surface area contributed by atoms with Gasteiger partial charge in [-0.25, -0.2) is 13.4 Å². The second-order valence-corrected chi connectivity index (χ2v) is 9.99. The minimum Gasteiger partial charge on any atom is -0.268 e. The topological polar surface area (TPSA) is 69.0 Å². The van der Waals surface area contributed by atoms with Crippen molar-refractivity contribution in [3.63, 3.8) is 0 Å². The van der Waals surface area contributed by atoms with E-state index in [0.29, 0.717) is 33.1 Å². The molecule has 0 saturated carbocycles. The number of rotatable bonds is 6. The molecule has 0 bridgehead atoms. The molecule has 4 aromatic rings. The van der Waals surface area contributed by atoms with Crippen LogP contribution in [0.2, 0.25) is 0 Å². The Hall–Kier alpha value is -3.04. The Balaban J connectivity index is 1.70. The summed E-state index contributed by atoms with van der Waals surface area (Å²) < 4.78 is 50.2. The van der Waals surface area contributed by atoms with Crippen molar-refractivity contribution in [2.75, 3.05) is 0 Å². The van der Waals surface area contributed by atoms with E-state index in [4.69, 9.17) is 0 Å². The van der Waals surface area contributed by atoms with Crippen molar-refractivity contribution < 1.29 is 17.2 Å². The Labute approximate surface area is 187 Å². The predicted molar refractivity (Wildman–Crippen MR) is 121 cm³/mol. The number of hydrogen-bond donors (Lipinski definition) is 0. The zero-order valence-electron chi connectivity index (χ0n) is 16.9. The summed E-state index contributed by atoms with van der Waals surface area (Å²) in [6.07, 6.45) is 0. The fourth-order valence-electron chi connectivity index (χ4n) is 3.16. The minimum absolute atomic E-state index is 0.194. The van der Waals surface area contributed by atoms with Crippen LogP contribution in [0, 0.1) is 6.92 Å². The van der Waals surface area contributed by atoms with Crippen LogP contribution in [0.1, 0.15) is 11.1 Å². The van der Waals surface area contributed by atoms with Crippen molar-refractivity contribution >= 4 is 32.5 Å². The number of aromatic nitrogens is 2. The van der Waals surface area contributed by atoms with Crippen LogP contribution in [0.25, 0.3) is 16.6 Å². The first kappa shape index (κ1) is 22.2. The maximum atomic E-state index is 13.2.